The molecule has 0 radical (unpaired) electrons. The molecule has 5 rings (SSSR count). The predicted octanol–water partition coefficient (Wildman–Crippen LogP) is 1.89. The van der Waals surface area contributed by atoms with E-state index in [9.17, 15) is 14.4 Å². The fourth-order valence-electron chi connectivity index (χ4n) is 4.22. The van der Waals surface area contributed by atoms with Gasteiger partial charge < -0.3 is 29.1 Å². The van der Waals surface area contributed by atoms with Gasteiger partial charge in [0.1, 0.15) is 24.2 Å². The lowest BCUT2D eigenvalue weighted by Gasteiger charge is -2.27. The van der Waals surface area contributed by atoms with Crippen LogP contribution in [0.3, 0.4) is 0 Å². The van der Waals surface area contributed by atoms with E-state index in [2.05, 4.69) is 10.5 Å². The second kappa shape index (κ2) is 10.2. The van der Waals surface area contributed by atoms with Crippen molar-refractivity contribution in [1.82, 2.24) is 15.4 Å². The topological polar surface area (TPSA) is 114 Å². The summed E-state index contributed by atoms with van der Waals surface area (Å²) < 4.78 is 16.5. The summed E-state index contributed by atoms with van der Waals surface area (Å²) >= 11 is 0. The highest BCUT2D eigenvalue weighted by Gasteiger charge is 2.32. The van der Waals surface area contributed by atoms with Crippen molar-refractivity contribution in [2.24, 2.45) is 0 Å². The number of aromatic nitrogens is 1. The van der Waals surface area contributed by atoms with Gasteiger partial charge in [-0.15, -0.1) is 0 Å². The zero-order valence-corrected chi connectivity index (χ0v) is 19.8. The van der Waals surface area contributed by atoms with E-state index in [0.29, 0.717) is 55.5 Å². The summed E-state index contributed by atoms with van der Waals surface area (Å²) in [5, 5.41) is 6.55. The second-order valence-corrected chi connectivity index (χ2v) is 8.66. The van der Waals surface area contributed by atoms with Crippen molar-refractivity contribution in [3.8, 4) is 5.75 Å². The van der Waals surface area contributed by atoms with Crippen LogP contribution >= 0.6 is 0 Å². The molecule has 3 aromatic rings. The first-order valence-corrected chi connectivity index (χ1v) is 11.7. The van der Waals surface area contributed by atoms with Crippen LogP contribution in [0.1, 0.15) is 32.2 Å². The summed E-state index contributed by atoms with van der Waals surface area (Å²) in [6, 6.07) is 15.3. The molecular weight excluding hydrogens is 464 g/mol. The maximum absolute atomic E-state index is 13.2. The minimum atomic E-state index is -0.942. The van der Waals surface area contributed by atoms with Gasteiger partial charge in [0.2, 0.25) is 0 Å². The summed E-state index contributed by atoms with van der Waals surface area (Å²) in [7, 11) is 1.59. The third-order valence-corrected chi connectivity index (χ3v) is 6.22. The van der Waals surface area contributed by atoms with Gasteiger partial charge in [-0.3, -0.25) is 14.4 Å². The van der Waals surface area contributed by atoms with E-state index in [1.54, 1.807) is 36.2 Å². The molecule has 1 aromatic heterocycles. The number of likely N-dealkylation sites (N-methyl/N-ethyl adjacent to an activating group) is 1. The van der Waals surface area contributed by atoms with Crippen molar-refractivity contribution >= 4 is 23.4 Å². The number of anilines is 1. The van der Waals surface area contributed by atoms with Gasteiger partial charge in [-0.1, -0.05) is 35.5 Å². The van der Waals surface area contributed by atoms with Gasteiger partial charge in [-0.05, 0) is 23.8 Å². The Balaban J connectivity index is 1.27. The Labute approximate surface area is 207 Å². The van der Waals surface area contributed by atoms with Gasteiger partial charge in [0.25, 0.3) is 17.7 Å². The predicted molar refractivity (Wildman–Crippen MR) is 129 cm³/mol. The van der Waals surface area contributed by atoms with E-state index in [-0.39, 0.29) is 24.1 Å². The van der Waals surface area contributed by atoms with Gasteiger partial charge in [0.15, 0.2) is 5.69 Å². The number of ether oxygens (including phenoxy) is 2. The number of nitrogens with zero attached hydrogens (tertiary/aromatic N) is 3. The van der Waals surface area contributed by atoms with Crippen LogP contribution in [0.25, 0.3) is 0 Å². The van der Waals surface area contributed by atoms with E-state index >= 15 is 0 Å². The minimum absolute atomic E-state index is 0.0621. The highest BCUT2D eigenvalue weighted by atomic mass is 16.5. The molecule has 3 amide bonds. The Bertz CT molecular complexity index is 1270. The number of hydrogen-bond donors (Lipinski definition) is 1. The van der Waals surface area contributed by atoms with Crippen LogP contribution in [0, 0.1) is 0 Å². The minimum Gasteiger partial charge on any atom is -0.489 e. The zero-order chi connectivity index (χ0) is 25.1. The number of fused-ring (bicyclic) bond motifs is 1. The van der Waals surface area contributed by atoms with Crippen molar-refractivity contribution in [2.75, 3.05) is 44.9 Å². The van der Waals surface area contributed by atoms with Crippen LogP contribution in [-0.2, 0) is 16.0 Å². The van der Waals surface area contributed by atoms with E-state index < -0.39 is 11.9 Å². The van der Waals surface area contributed by atoms with Crippen molar-refractivity contribution in [3.63, 3.8) is 0 Å². The molecule has 0 aliphatic carbocycles. The van der Waals surface area contributed by atoms with Crippen molar-refractivity contribution in [3.05, 3.63) is 77.2 Å². The summed E-state index contributed by atoms with van der Waals surface area (Å²) in [5.41, 5.74) is 2.02. The third kappa shape index (κ3) is 4.94. The molecule has 0 spiro atoms. The summed E-state index contributed by atoms with van der Waals surface area (Å²) in [6.07, 6.45) is 0.496. The fraction of sp³-hybridized carbons (Fsp3) is 0.308. The van der Waals surface area contributed by atoms with E-state index in [4.69, 9.17) is 14.0 Å². The molecular formula is C26H26N4O6. The lowest BCUT2D eigenvalue weighted by molar-refractivity contribution is -0.120. The summed E-state index contributed by atoms with van der Waals surface area (Å²) in [4.78, 5) is 42.0. The zero-order valence-electron chi connectivity index (χ0n) is 19.8. The highest BCUT2D eigenvalue weighted by molar-refractivity contribution is 6.04. The molecule has 3 heterocycles. The normalized spacial score (nSPS) is 17.7. The average molecular weight is 491 g/mol. The molecule has 1 saturated heterocycles. The Morgan fingerprint density at radius 2 is 1.86 bits per heavy atom. The maximum Gasteiger partial charge on any atom is 0.274 e. The monoisotopic (exact) mass is 490 g/mol. The Hall–Kier alpha value is -4.18. The van der Waals surface area contributed by atoms with Gasteiger partial charge >= 0.3 is 0 Å². The molecule has 1 fully saturated rings. The largest absolute Gasteiger partial charge is 0.489 e. The second-order valence-electron chi connectivity index (χ2n) is 8.66. The molecule has 2 aromatic carbocycles. The van der Waals surface area contributed by atoms with E-state index in [1.165, 1.54) is 4.90 Å². The third-order valence-electron chi connectivity index (χ3n) is 6.22. The Morgan fingerprint density at radius 1 is 1.08 bits per heavy atom. The average Bonchev–Trinajstić information content (AvgIpc) is 3.35. The molecule has 1 unspecified atom stereocenters. The molecule has 36 heavy (non-hydrogen) atoms. The lowest BCUT2D eigenvalue weighted by Crippen LogP contribution is -2.49. The van der Waals surface area contributed by atoms with Crippen LogP contribution in [0.5, 0.6) is 5.75 Å². The van der Waals surface area contributed by atoms with Gasteiger partial charge in [-0.2, -0.15) is 0 Å². The van der Waals surface area contributed by atoms with Crippen LogP contribution < -0.4 is 15.0 Å². The molecule has 2 aliphatic rings. The number of carbonyl (C=O) groups is 3. The first kappa shape index (κ1) is 23.6. The number of morpholine rings is 1. The molecule has 2 aliphatic heterocycles. The molecule has 1 N–H and O–H groups in total. The smallest absolute Gasteiger partial charge is 0.274 e. The van der Waals surface area contributed by atoms with Crippen LogP contribution in [0.2, 0.25) is 0 Å². The van der Waals surface area contributed by atoms with Crippen molar-refractivity contribution in [2.45, 2.75) is 12.5 Å². The van der Waals surface area contributed by atoms with Crippen molar-refractivity contribution < 1.29 is 28.4 Å². The lowest BCUT2D eigenvalue weighted by atomic mass is 10.1. The Kier molecular flexibility index (Phi) is 6.68. The molecule has 186 valence electrons. The van der Waals surface area contributed by atoms with Gasteiger partial charge in [0.05, 0.1) is 18.9 Å². The fourth-order valence-corrected chi connectivity index (χ4v) is 4.22. The Morgan fingerprint density at radius 3 is 2.64 bits per heavy atom. The number of benzene rings is 2. The van der Waals surface area contributed by atoms with E-state index in [1.807, 2.05) is 30.3 Å². The highest BCUT2D eigenvalue weighted by Crippen LogP contribution is 2.32. The number of nitrogens with one attached hydrogen (secondary N) is 1. The molecule has 0 bridgehead atoms. The quantitative estimate of drug-likeness (QED) is 0.581. The van der Waals surface area contributed by atoms with Crippen LogP contribution in [0.15, 0.2) is 59.1 Å². The SMILES string of the molecule is CN1C(=O)C(NC(=O)c2cc(Cc3ccccc3)on2)COc2ccc(C(=O)N3CCOCC3)cc21. The van der Waals surface area contributed by atoms with Crippen LogP contribution in [0.4, 0.5) is 5.69 Å². The van der Waals surface area contributed by atoms with Gasteiger partial charge in [-0.25, -0.2) is 0 Å². The standard InChI is InChI=1S/C26H26N4O6/c1-29-22-14-18(25(32)30-9-11-34-12-10-30)7-8-23(22)35-16-21(26(29)33)27-24(31)20-15-19(36-28-20)13-17-5-3-2-4-6-17/h2-8,14-15,21H,9-13,16H2,1H3,(H,27,31). The summed E-state index contributed by atoms with van der Waals surface area (Å²) in [5.74, 6) is -0.0495. The summed E-state index contributed by atoms with van der Waals surface area (Å²) in [6.45, 7) is 1.97. The molecule has 0 saturated carbocycles. The van der Waals surface area contributed by atoms with Gasteiger partial charge in [0, 0.05) is 38.2 Å². The maximum atomic E-state index is 13.2. The number of amides is 3. The first-order chi connectivity index (χ1) is 17.5. The number of rotatable bonds is 5. The first-order valence-electron chi connectivity index (χ1n) is 11.7. The van der Waals surface area contributed by atoms with Crippen LogP contribution in [-0.4, -0.2) is 73.8 Å². The molecule has 10 nitrogen and oxygen atoms in total. The molecule has 1 atom stereocenters. The van der Waals surface area contributed by atoms with Crippen molar-refractivity contribution in [1.29, 1.82) is 0 Å². The number of carbonyl (C=O) groups excluding carboxylic acids is 3. The van der Waals surface area contributed by atoms with E-state index in [0.717, 1.165) is 5.56 Å². The number of hydrogen-bond acceptors (Lipinski definition) is 7. The molecule has 10 heteroatoms.